The van der Waals surface area contributed by atoms with Crippen LogP contribution in [0.15, 0.2) is 12.7 Å². The third kappa shape index (κ3) is 2.11. The fourth-order valence-corrected chi connectivity index (χ4v) is 3.08. The Bertz CT molecular complexity index is 307. The molecule has 0 unspecified atom stereocenters. The summed E-state index contributed by atoms with van der Waals surface area (Å²) in [4.78, 5) is 0. The summed E-state index contributed by atoms with van der Waals surface area (Å²) in [5, 5.41) is 0. The first-order chi connectivity index (χ1) is 5.72. The highest BCUT2D eigenvalue weighted by atomic mass is 32.2. The van der Waals surface area contributed by atoms with E-state index in [0.717, 1.165) is 0 Å². The molecule has 1 saturated carbocycles. The van der Waals surface area contributed by atoms with Crippen molar-refractivity contribution in [1.29, 1.82) is 0 Å². The molecule has 0 atom stereocenters. The normalized spacial score (nSPS) is 21.2. The molecule has 3 nitrogen and oxygen atoms in total. The molecule has 1 aliphatic rings. The lowest BCUT2D eigenvalue weighted by Gasteiger charge is -2.23. The quantitative estimate of drug-likeness (QED) is 0.705. The Balaban J connectivity index is 2.85. The maximum absolute atomic E-state index is 11.8. The molecule has 0 amide bonds. The van der Waals surface area contributed by atoms with Gasteiger partial charge in [-0.25, -0.2) is 13.1 Å². The molecule has 0 spiro atoms. The van der Waals surface area contributed by atoms with Crippen molar-refractivity contribution in [3.05, 3.63) is 12.7 Å². The van der Waals surface area contributed by atoms with Crippen molar-refractivity contribution < 1.29 is 8.42 Å². The van der Waals surface area contributed by atoms with E-state index in [1.54, 1.807) is 6.08 Å². The van der Waals surface area contributed by atoms with Crippen molar-refractivity contribution in [3.63, 3.8) is 0 Å². The summed E-state index contributed by atoms with van der Waals surface area (Å²) in [5.41, 5.74) is -0.405. The van der Waals surface area contributed by atoms with Crippen LogP contribution in [0.2, 0.25) is 0 Å². The molecule has 0 saturated heterocycles. The van der Waals surface area contributed by atoms with Gasteiger partial charge in [-0.1, -0.05) is 6.08 Å². The van der Waals surface area contributed by atoms with Crippen molar-refractivity contribution in [3.8, 4) is 0 Å². The molecule has 0 aromatic heterocycles. The van der Waals surface area contributed by atoms with Crippen LogP contribution in [0.5, 0.6) is 0 Å². The Labute approximate surface area is 80.3 Å². The number of sulfonamides is 1. The van der Waals surface area contributed by atoms with Gasteiger partial charge in [-0.05, 0) is 33.6 Å². The number of hydrogen-bond acceptors (Lipinski definition) is 2. The zero-order valence-electron chi connectivity index (χ0n) is 8.42. The van der Waals surface area contributed by atoms with Crippen LogP contribution in [0.4, 0.5) is 0 Å². The molecule has 1 N–H and O–H groups in total. The topological polar surface area (TPSA) is 46.2 Å². The summed E-state index contributed by atoms with van der Waals surface area (Å²) in [6.07, 6.45) is 2.94. The van der Waals surface area contributed by atoms with E-state index in [9.17, 15) is 8.42 Å². The Morgan fingerprint density at radius 1 is 1.38 bits per heavy atom. The van der Waals surface area contributed by atoms with Crippen LogP contribution in [-0.2, 0) is 10.0 Å². The molecular formula is C9H17NO2S. The molecule has 4 heteroatoms. The first-order valence-electron chi connectivity index (χ1n) is 4.40. The Morgan fingerprint density at radius 2 is 1.85 bits per heavy atom. The number of rotatable bonds is 3. The molecule has 1 fully saturated rings. The van der Waals surface area contributed by atoms with Crippen LogP contribution in [-0.4, -0.2) is 18.7 Å². The van der Waals surface area contributed by atoms with Gasteiger partial charge in [0.05, 0.1) is 0 Å². The van der Waals surface area contributed by atoms with Crippen molar-refractivity contribution in [2.45, 2.75) is 43.9 Å². The van der Waals surface area contributed by atoms with Crippen LogP contribution in [0.3, 0.4) is 0 Å². The maximum atomic E-state index is 11.8. The highest BCUT2D eigenvalue weighted by molar-refractivity contribution is 7.91. The molecule has 0 bridgehead atoms. The summed E-state index contributed by atoms with van der Waals surface area (Å²) < 4.78 is 25.5. The third-order valence-corrected chi connectivity index (χ3v) is 4.62. The molecule has 76 valence electrons. The van der Waals surface area contributed by atoms with Gasteiger partial charge >= 0.3 is 0 Å². The average molecular weight is 203 g/mol. The van der Waals surface area contributed by atoms with E-state index < -0.39 is 20.3 Å². The maximum Gasteiger partial charge on any atom is 0.221 e. The van der Waals surface area contributed by atoms with E-state index >= 15 is 0 Å². The Kier molecular flexibility index (Phi) is 2.33. The summed E-state index contributed by atoms with van der Waals surface area (Å²) >= 11 is 0. The zero-order valence-corrected chi connectivity index (χ0v) is 9.24. The van der Waals surface area contributed by atoms with Crippen molar-refractivity contribution in [1.82, 2.24) is 4.72 Å². The van der Waals surface area contributed by atoms with Gasteiger partial charge < -0.3 is 0 Å². The molecule has 0 aromatic rings. The van der Waals surface area contributed by atoms with Gasteiger partial charge in [0.15, 0.2) is 0 Å². The first-order valence-corrected chi connectivity index (χ1v) is 5.88. The van der Waals surface area contributed by atoms with Gasteiger partial charge in [0, 0.05) is 5.54 Å². The molecule has 0 aromatic carbocycles. The minimum absolute atomic E-state index is 0.405. The lowest BCUT2D eigenvalue weighted by Crippen LogP contribution is -2.45. The predicted octanol–water partition coefficient (Wildman–Crippen LogP) is 1.42. The summed E-state index contributed by atoms with van der Waals surface area (Å²) in [7, 11) is -3.22. The SMILES string of the molecule is C=CC1(S(=O)(=O)NC(C)(C)C)CC1. The first kappa shape index (κ1) is 10.7. The highest BCUT2D eigenvalue weighted by Crippen LogP contribution is 2.44. The molecule has 0 aliphatic heterocycles. The van der Waals surface area contributed by atoms with Crippen LogP contribution < -0.4 is 4.72 Å². The second-order valence-corrected chi connectivity index (χ2v) is 6.65. The van der Waals surface area contributed by atoms with Crippen LogP contribution in [0.25, 0.3) is 0 Å². The zero-order chi connectivity index (χ0) is 10.3. The van der Waals surface area contributed by atoms with Crippen LogP contribution in [0.1, 0.15) is 33.6 Å². The highest BCUT2D eigenvalue weighted by Gasteiger charge is 2.52. The van der Waals surface area contributed by atoms with Crippen LogP contribution >= 0.6 is 0 Å². The van der Waals surface area contributed by atoms with E-state index in [4.69, 9.17) is 0 Å². The fourth-order valence-electron chi connectivity index (χ4n) is 1.21. The van der Waals surface area contributed by atoms with Gasteiger partial charge in [-0.15, -0.1) is 6.58 Å². The smallest absolute Gasteiger partial charge is 0.211 e. The van der Waals surface area contributed by atoms with Gasteiger partial charge in [-0.2, -0.15) is 0 Å². The predicted molar refractivity (Wildman–Crippen MR) is 54.0 cm³/mol. The number of nitrogens with one attached hydrogen (secondary N) is 1. The van der Waals surface area contributed by atoms with Crippen molar-refractivity contribution in [2.75, 3.05) is 0 Å². The summed E-state index contributed by atoms with van der Waals surface area (Å²) in [5.74, 6) is 0. The van der Waals surface area contributed by atoms with E-state index in [2.05, 4.69) is 11.3 Å². The van der Waals surface area contributed by atoms with Gasteiger partial charge in [0.1, 0.15) is 4.75 Å². The monoisotopic (exact) mass is 203 g/mol. The van der Waals surface area contributed by atoms with E-state index in [1.165, 1.54) is 0 Å². The molecule has 0 radical (unpaired) electrons. The molecule has 13 heavy (non-hydrogen) atoms. The van der Waals surface area contributed by atoms with Gasteiger partial charge in [-0.3, -0.25) is 0 Å². The lowest BCUT2D eigenvalue weighted by molar-refractivity contribution is 0.486. The largest absolute Gasteiger partial charge is 0.221 e. The van der Waals surface area contributed by atoms with E-state index in [-0.39, 0.29) is 0 Å². The van der Waals surface area contributed by atoms with Gasteiger partial charge in [0.2, 0.25) is 10.0 Å². The van der Waals surface area contributed by atoms with Crippen molar-refractivity contribution in [2.24, 2.45) is 0 Å². The van der Waals surface area contributed by atoms with Crippen molar-refractivity contribution >= 4 is 10.0 Å². The van der Waals surface area contributed by atoms with Crippen LogP contribution in [0, 0.1) is 0 Å². The Hall–Kier alpha value is -0.350. The second-order valence-electron chi connectivity index (χ2n) is 4.62. The minimum Gasteiger partial charge on any atom is -0.211 e. The molecular weight excluding hydrogens is 186 g/mol. The molecule has 1 aliphatic carbocycles. The minimum atomic E-state index is -3.22. The van der Waals surface area contributed by atoms with Gasteiger partial charge in [0.25, 0.3) is 0 Å². The van der Waals surface area contributed by atoms with E-state index in [1.807, 2.05) is 20.8 Å². The summed E-state index contributed by atoms with van der Waals surface area (Å²) in [6.45, 7) is 9.08. The number of hydrogen-bond donors (Lipinski definition) is 1. The second kappa shape index (κ2) is 2.82. The standard InChI is InChI=1S/C9H17NO2S/c1-5-9(6-7-9)13(11,12)10-8(2,3)4/h5,10H,1,6-7H2,2-4H3. The van der Waals surface area contributed by atoms with E-state index in [0.29, 0.717) is 12.8 Å². The molecule has 1 rings (SSSR count). The lowest BCUT2D eigenvalue weighted by atomic mass is 10.1. The molecule has 0 heterocycles. The third-order valence-electron chi connectivity index (χ3n) is 2.09. The average Bonchev–Trinajstić information content (AvgIpc) is 2.59. The summed E-state index contributed by atoms with van der Waals surface area (Å²) in [6, 6.07) is 0. The Morgan fingerprint density at radius 3 is 2.08 bits per heavy atom. The fraction of sp³-hybridized carbons (Fsp3) is 0.778.